The van der Waals surface area contributed by atoms with Gasteiger partial charge >= 0.3 is 0 Å². The molecule has 53 heavy (non-hydrogen) atoms. The fraction of sp³-hybridized carbons (Fsp3) is 0.500. The molecule has 4 aromatic rings. The molecule has 8 nitrogen and oxygen atoms in total. The van der Waals surface area contributed by atoms with Crippen molar-refractivity contribution in [2.45, 2.75) is 96.6 Å². The Bertz CT molecular complexity index is 2160. The maximum absolute atomic E-state index is 10.4. The van der Waals surface area contributed by atoms with Gasteiger partial charge in [0.15, 0.2) is 5.76 Å². The minimum Gasteiger partial charge on any atom is -0.508 e. The number of aromatic nitrogens is 3. The Morgan fingerprint density at radius 3 is 2.23 bits per heavy atom. The summed E-state index contributed by atoms with van der Waals surface area (Å²) in [4.78, 5) is 0. The second kappa shape index (κ2) is 13.6. The van der Waals surface area contributed by atoms with Crippen LogP contribution in [0.4, 0.5) is 0 Å². The minimum absolute atomic E-state index is 0.00747. The van der Waals surface area contributed by atoms with E-state index in [1.54, 1.807) is 11.6 Å². The lowest BCUT2D eigenvalue weighted by Gasteiger charge is -2.50. The number of para-hydroxylation sites is 1. The van der Waals surface area contributed by atoms with Crippen molar-refractivity contribution in [1.82, 2.24) is 15.0 Å². The number of hydrogen-bond acceptors (Lipinski definition) is 7. The standard InChI is InChI=1S/C25H27N3.C18H22O4.CH4OSi/c1-16-7-12-22-21-10-8-17-15-18(28-24-6-4-3-5-23(24)26-27-28)9-11-19(17)20(21)13-14-25(16,22)2;1-18-7-6-12-11-5-3-10(19)8-9(11)2-4-13(12)14(18)15(20)16(21)17(18)22;1-3-2/h3-7,9,11-12,15-16,20-22H,8,10,13-14H2,1-2H3;3,5,8,12-14,17,19-22H,2,4,6-7H2,1H3;3H,1H3/t16-,20?,21?,22?,25+;12?,13?,14?,17-,18-;/m00./s1/i;;3D. The van der Waals surface area contributed by atoms with Crippen LogP contribution in [0.5, 0.6) is 5.75 Å². The molecule has 2 fully saturated rings. The van der Waals surface area contributed by atoms with Crippen LogP contribution in [0.2, 0.25) is 6.55 Å². The molecule has 0 amide bonds. The third kappa shape index (κ3) is 5.72. The van der Waals surface area contributed by atoms with Gasteiger partial charge in [-0.15, -0.1) is 5.10 Å². The van der Waals surface area contributed by atoms with Crippen LogP contribution >= 0.6 is 0 Å². The molecule has 9 heteroatoms. The molecule has 0 spiro atoms. The van der Waals surface area contributed by atoms with E-state index in [1.807, 2.05) is 35.9 Å². The molecule has 2 saturated carbocycles. The van der Waals surface area contributed by atoms with Crippen molar-refractivity contribution in [1.29, 1.82) is 1.23 Å². The van der Waals surface area contributed by atoms with Crippen LogP contribution in [0.3, 0.4) is 0 Å². The summed E-state index contributed by atoms with van der Waals surface area (Å²) >= 11 is 0. The first-order chi connectivity index (χ1) is 25.8. The maximum Gasteiger partial charge on any atom is 0.257 e. The predicted molar refractivity (Wildman–Crippen MR) is 208 cm³/mol. The summed E-state index contributed by atoms with van der Waals surface area (Å²) in [6.07, 6.45) is 12.8. The summed E-state index contributed by atoms with van der Waals surface area (Å²) in [5, 5.41) is 49.2. The molecule has 0 aliphatic heterocycles. The second-order valence-corrected chi connectivity index (χ2v) is 17.4. The Labute approximate surface area is 315 Å². The van der Waals surface area contributed by atoms with E-state index in [0.717, 1.165) is 66.1 Å². The summed E-state index contributed by atoms with van der Waals surface area (Å²) in [6, 6.07) is 20.8. The van der Waals surface area contributed by atoms with Gasteiger partial charge in [-0.05, 0) is 157 Å². The number of phenolic OH excluding ortho intramolecular Hbond substituents is 1. The normalized spacial score (nSPS) is 34.8. The van der Waals surface area contributed by atoms with Gasteiger partial charge in [0.25, 0.3) is 9.34 Å². The molecule has 1 heterocycles. The second-order valence-electron chi connectivity index (χ2n) is 17.0. The van der Waals surface area contributed by atoms with Crippen molar-refractivity contribution < 1.29 is 24.9 Å². The van der Waals surface area contributed by atoms with E-state index in [0.29, 0.717) is 17.1 Å². The van der Waals surface area contributed by atoms with Crippen molar-refractivity contribution in [3.63, 3.8) is 0 Å². The number of phenols is 1. The molecule has 10 atom stereocenters. The van der Waals surface area contributed by atoms with Gasteiger partial charge in [0.05, 0.1) is 12.4 Å². The molecule has 6 aliphatic rings. The van der Waals surface area contributed by atoms with E-state index in [-0.39, 0.29) is 23.4 Å². The number of aliphatic hydroxyl groups excluding tert-OH is 3. The summed E-state index contributed by atoms with van der Waals surface area (Å²) < 4.78 is 17.4. The van der Waals surface area contributed by atoms with E-state index in [9.17, 15) is 24.9 Å². The van der Waals surface area contributed by atoms with Gasteiger partial charge < -0.3 is 24.9 Å². The summed E-state index contributed by atoms with van der Waals surface area (Å²) in [5.74, 6) is 3.45. The monoisotopic (exact) mass is 732 g/mol. The highest BCUT2D eigenvalue weighted by Gasteiger charge is 2.59. The van der Waals surface area contributed by atoms with Crippen molar-refractivity contribution in [2.75, 3.05) is 0 Å². The van der Waals surface area contributed by atoms with Gasteiger partial charge in [-0.2, -0.15) is 0 Å². The van der Waals surface area contributed by atoms with E-state index < -0.39 is 20.9 Å². The third-order valence-corrected chi connectivity index (χ3v) is 14.6. The Morgan fingerprint density at radius 1 is 0.830 bits per heavy atom. The van der Waals surface area contributed by atoms with Gasteiger partial charge in [0.2, 0.25) is 0 Å². The highest BCUT2D eigenvalue weighted by Crippen LogP contribution is 2.62. The molecule has 0 bridgehead atoms. The van der Waals surface area contributed by atoms with Gasteiger partial charge in [0, 0.05) is 11.3 Å². The van der Waals surface area contributed by atoms with Gasteiger partial charge in [-0.25, -0.2) is 4.68 Å². The molecule has 278 valence electrons. The number of aliphatic hydroxyl groups is 3. The molecular weight excluding hydrogens is 679 g/mol. The lowest BCUT2D eigenvalue weighted by atomic mass is 9.54. The Kier molecular flexibility index (Phi) is 8.93. The predicted octanol–water partition coefficient (Wildman–Crippen LogP) is 8.66. The van der Waals surface area contributed by atoms with Gasteiger partial charge in [0.1, 0.15) is 23.1 Å². The van der Waals surface area contributed by atoms with Crippen LogP contribution in [0, 0.1) is 40.4 Å². The minimum atomic E-state index is -1.88. The zero-order valence-corrected chi connectivity index (χ0v) is 32.2. The molecule has 0 saturated heterocycles. The molecule has 1 aromatic heterocycles. The molecule has 10 rings (SSSR count). The topological polar surface area (TPSA) is 129 Å². The fourth-order valence-electron chi connectivity index (χ4n) is 11.7. The third-order valence-electron chi connectivity index (χ3n) is 14.6. The van der Waals surface area contributed by atoms with Gasteiger partial charge in [-0.3, -0.25) is 0 Å². The van der Waals surface area contributed by atoms with Crippen molar-refractivity contribution in [2.24, 2.45) is 40.4 Å². The number of nitrogens with zero attached hydrogens (tertiary/aromatic N) is 3. The van der Waals surface area contributed by atoms with E-state index in [4.69, 9.17) is 1.23 Å². The van der Waals surface area contributed by atoms with E-state index in [1.165, 1.54) is 48.9 Å². The summed E-state index contributed by atoms with van der Waals surface area (Å²) in [6.45, 7) is 8.31. The molecular formula is C44H53N3O5Si. The quantitative estimate of drug-likeness (QED) is 0.114. The van der Waals surface area contributed by atoms with Crippen molar-refractivity contribution >= 4 is 20.4 Å². The maximum atomic E-state index is 10.4. The lowest BCUT2D eigenvalue weighted by molar-refractivity contribution is -0.0334. The highest BCUT2D eigenvalue weighted by atomic mass is 28.2. The summed E-state index contributed by atoms with van der Waals surface area (Å²) in [7, 11) is -1.88. The first-order valence-electron chi connectivity index (χ1n) is 20.0. The number of allylic oxidation sites excluding steroid dienone is 3. The van der Waals surface area contributed by atoms with Crippen LogP contribution in [0.1, 0.15) is 93.4 Å². The number of aromatic hydroxyl groups is 1. The average Bonchev–Trinajstić information content (AvgIpc) is 3.78. The van der Waals surface area contributed by atoms with Gasteiger partial charge in [-0.1, -0.05) is 62.4 Å². The first kappa shape index (κ1) is 34.7. The number of hydrogen-bond donors (Lipinski definition) is 4. The zero-order chi connectivity index (χ0) is 38.1. The smallest absolute Gasteiger partial charge is 0.257 e. The van der Waals surface area contributed by atoms with Crippen LogP contribution in [0.15, 0.2) is 84.3 Å². The average molecular weight is 733 g/mol. The van der Waals surface area contributed by atoms with Crippen LogP contribution in [-0.4, -0.2) is 52.1 Å². The van der Waals surface area contributed by atoms with Crippen LogP contribution < -0.4 is 0 Å². The van der Waals surface area contributed by atoms with E-state index in [2.05, 4.69) is 66.6 Å². The number of rotatable bonds is 1. The Hall–Kier alpha value is -4.08. The SMILES string of the molecule is C[C@H]1C=CC2C3CCc4cc(-n5nnc6ccccc65)ccc4C3CC[C@@]21C.C[C@]12CCC3c4ccc(O)cc4CCC3C1C(O)=C(O)[C@@H]2O.[2H][Si](C)=O. The number of benzene rings is 3. The number of fused-ring (bicyclic) bond motifs is 11. The van der Waals surface area contributed by atoms with Crippen molar-refractivity contribution in [3.05, 3.63) is 107 Å². The lowest BCUT2D eigenvalue weighted by Crippen LogP contribution is -2.45. The largest absolute Gasteiger partial charge is 0.508 e. The molecule has 4 N–H and O–H groups in total. The molecule has 0 radical (unpaired) electrons. The molecule has 6 unspecified atom stereocenters. The molecule has 6 aliphatic carbocycles. The summed E-state index contributed by atoms with van der Waals surface area (Å²) in [5.41, 5.74) is 8.75. The van der Waals surface area contributed by atoms with E-state index >= 15 is 0 Å². The Morgan fingerprint density at radius 2 is 1.47 bits per heavy atom. The number of aryl methyl sites for hydroxylation is 2. The van der Waals surface area contributed by atoms with Crippen LogP contribution in [0.25, 0.3) is 16.7 Å². The molecule has 3 aromatic carbocycles. The fourth-order valence-corrected chi connectivity index (χ4v) is 11.7. The highest BCUT2D eigenvalue weighted by molar-refractivity contribution is 6.14. The first-order valence-corrected chi connectivity index (χ1v) is 20.9. The van der Waals surface area contributed by atoms with Crippen LogP contribution in [-0.2, 0) is 17.3 Å². The Balaban J connectivity index is 0.000000143. The van der Waals surface area contributed by atoms with Crippen molar-refractivity contribution in [3.8, 4) is 11.4 Å². The zero-order valence-electron chi connectivity index (χ0n) is 32.2.